The molecule has 2 unspecified atom stereocenters. The minimum absolute atomic E-state index is 0.0952. The van der Waals surface area contributed by atoms with Crippen LogP contribution in [0, 0.1) is 0 Å². The van der Waals surface area contributed by atoms with E-state index in [2.05, 4.69) is 5.32 Å². The predicted octanol–water partition coefficient (Wildman–Crippen LogP) is 0.988. The van der Waals surface area contributed by atoms with Crippen LogP contribution in [0.25, 0.3) is 0 Å². The van der Waals surface area contributed by atoms with Crippen molar-refractivity contribution >= 4 is 11.8 Å². The van der Waals surface area contributed by atoms with E-state index in [1.807, 2.05) is 18.7 Å². The third-order valence-electron chi connectivity index (χ3n) is 4.54. The van der Waals surface area contributed by atoms with Gasteiger partial charge < -0.3 is 15.1 Å². The lowest BCUT2D eigenvalue weighted by Crippen LogP contribution is -2.39. The van der Waals surface area contributed by atoms with Crippen LogP contribution in [-0.2, 0) is 9.59 Å². The molecule has 2 fully saturated rings. The molecule has 2 rings (SSSR count). The van der Waals surface area contributed by atoms with Crippen LogP contribution in [0.1, 0.15) is 46.0 Å². The highest BCUT2D eigenvalue weighted by atomic mass is 16.2. The molecule has 5 nitrogen and oxygen atoms in total. The normalized spacial score (nSPS) is 25.4. The van der Waals surface area contributed by atoms with Crippen molar-refractivity contribution in [3.8, 4) is 0 Å². The number of carbonyl (C=O) groups is 2. The standard InChI is InChI=1S/C15H27N3O2/c1-3-17(4-2)14(19)7-8-15(20)18-10-9-12-5-6-13(11-18)16-12/h12-13,16H,3-11H2,1-2H3. The van der Waals surface area contributed by atoms with Gasteiger partial charge in [-0.25, -0.2) is 0 Å². The number of hydrogen-bond acceptors (Lipinski definition) is 3. The molecular formula is C15H27N3O2. The Labute approximate surface area is 121 Å². The lowest BCUT2D eigenvalue weighted by molar-refractivity contribution is -0.137. The fourth-order valence-corrected chi connectivity index (χ4v) is 3.28. The molecule has 2 aliphatic heterocycles. The third-order valence-corrected chi connectivity index (χ3v) is 4.54. The van der Waals surface area contributed by atoms with Crippen molar-refractivity contribution < 1.29 is 9.59 Å². The van der Waals surface area contributed by atoms with Gasteiger partial charge in [-0.05, 0) is 33.1 Å². The molecule has 0 aromatic heterocycles. The molecule has 2 saturated heterocycles. The first-order chi connectivity index (χ1) is 9.63. The largest absolute Gasteiger partial charge is 0.343 e. The Kier molecular flexibility index (Phi) is 5.40. The first-order valence-electron chi connectivity index (χ1n) is 7.95. The SMILES string of the molecule is CCN(CC)C(=O)CCC(=O)N1CCC2CCC(C1)N2. The molecule has 2 amide bonds. The number of amides is 2. The van der Waals surface area contributed by atoms with Gasteiger partial charge in [0, 0.05) is 51.1 Å². The minimum atomic E-state index is 0.0952. The Morgan fingerprint density at radius 2 is 1.80 bits per heavy atom. The molecule has 5 heteroatoms. The first-order valence-corrected chi connectivity index (χ1v) is 7.95. The van der Waals surface area contributed by atoms with E-state index in [9.17, 15) is 9.59 Å². The number of rotatable bonds is 5. The molecule has 0 aromatic rings. The van der Waals surface area contributed by atoms with Gasteiger partial charge in [-0.2, -0.15) is 0 Å². The fraction of sp³-hybridized carbons (Fsp3) is 0.867. The zero-order chi connectivity index (χ0) is 14.5. The highest BCUT2D eigenvalue weighted by molar-refractivity contribution is 5.83. The smallest absolute Gasteiger partial charge is 0.223 e. The van der Waals surface area contributed by atoms with Crippen LogP contribution in [0.4, 0.5) is 0 Å². The molecule has 0 saturated carbocycles. The number of fused-ring (bicyclic) bond motifs is 2. The Bertz CT molecular complexity index is 355. The summed E-state index contributed by atoms with van der Waals surface area (Å²) in [7, 11) is 0. The summed E-state index contributed by atoms with van der Waals surface area (Å²) in [5.41, 5.74) is 0. The van der Waals surface area contributed by atoms with Gasteiger partial charge in [-0.3, -0.25) is 9.59 Å². The summed E-state index contributed by atoms with van der Waals surface area (Å²) in [6, 6.07) is 1.06. The number of likely N-dealkylation sites (tertiary alicyclic amines) is 1. The second-order valence-electron chi connectivity index (χ2n) is 5.83. The quantitative estimate of drug-likeness (QED) is 0.817. The van der Waals surface area contributed by atoms with Crippen LogP contribution >= 0.6 is 0 Å². The van der Waals surface area contributed by atoms with Crippen LogP contribution in [0.2, 0.25) is 0 Å². The van der Waals surface area contributed by atoms with E-state index in [-0.39, 0.29) is 11.8 Å². The van der Waals surface area contributed by atoms with Crippen molar-refractivity contribution in [1.82, 2.24) is 15.1 Å². The highest BCUT2D eigenvalue weighted by Gasteiger charge is 2.31. The molecule has 0 spiro atoms. The van der Waals surface area contributed by atoms with Crippen LogP contribution in [0.5, 0.6) is 0 Å². The summed E-state index contributed by atoms with van der Waals surface area (Å²) >= 11 is 0. The lowest BCUT2D eigenvalue weighted by atomic mass is 10.1. The number of nitrogens with zero attached hydrogens (tertiary/aromatic N) is 2. The van der Waals surface area contributed by atoms with Gasteiger partial charge in [-0.1, -0.05) is 0 Å². The second-order valence-corrected chi connectivity index (χ2v) is 5.83. The van der Waals surface area contributed by atoms with Crippen molar-refractivity contribution in [2.24, 2.45) is 0 Å². The molecule has 1 N–H and O–H groups in total. The summed E-state index contributed by atoms with van der Waals surface area (Å²) in [6.07, 6.45) is 4.16. The number of nitrogens with one attached hydrogen (secondary N) is 1. The van der Waals surface area contributed by atoms with Crippen molar-refractivity contribution in [2.45, 2.75) is 58.0 Å². The van der Waals surface area contributed by atoms with Crippen molar-refractivity contribution in [3.63, 3.8) is 0 Å². The van der Waals surface area contributed by atoms with Crippen LogP contribution in [-0.4, -0.2) is 59.9 Å². The van der Waals surface area contributed by atoms with E-state index >= 15 is 0 Å². The summed E-state index contributed by atoms with van der Waals surface area (Å²) in [6.45, 7) is 7.05. The molecule has 114 valence electrons. The Balaban J connectivity index is 1.78. The molecule has 2 atom stereocenters. The van der Waals surface area contributed by atoms with E-state index in [0.29, 0.717) is 24.9 Å². The summed E-state index contributed by atoms with van der Waals surface area (Å²) in [4.78, 5) is 27.9. The van der Waals surface area contributed by atoms with Gasteiger partial charge >= 0.3 is 0 Å². The Morgan fingerprint density at radius 1 is 1.10 bits per heavy atom. The predicted molar refractivity (Wildman–Crippen MR) is 78.3 cm³/mol. The molecule has 20 heavy (non-hydrogen) atoms. The number of hydrogen-bond donors (Lipinski definition) is 1. The van der Waals surface area contributed by atoms with Crippen molar-refractivity contribution in [1.29, 1.82) is 0 Å². The maximum atomic E-state index is 12.3. The summed E-state index contributed by atoms with van der Waals surface area (Å²) < 4.78 is 0. The summed E-state index contributed by atoms with van der Waals surface area (Å²) in [5.74, 6) is 0.234. The molecule has 2 heterocycles. The Morgan fingerprint density at radius 3 is 2.50 bits per heavy atom. The summed E-state index contributed by atoms with van der Waals surface area (Å²) in [5, 5.41) is 3.57. The van der Waals surface area contributed by atoms with Gasteiger partial charge in [0.15, 0.2) is 0 Å². The maximum absolute atomic E-state index is 12.3. The maximum Gasteiger partial charge on any atom is 0.223 e. The number of carbonyl (C=O) groups excluding carboxylic acids is 2. The molecule has 0 aliphatic carbocycles. The first kappa shape index (κ1) is 15.3. The van der Waals surface area contributed by atoms with Gasteiger partial charge in [0.05, 0.1) is 0 Å². The zero-order valence-corrected chi connectivity index (χ0v) is 12.7. The van der Waals surface area contributed by atoms with Crippen LogP contribution < -0.4 is 5.32 Å². The van der Waals surface area contributed by atoms with Gasteiger partial charge in [-0.15, -0.1) is 0 Å². The average molecular weight is 281 g/mol. The molecule has 2 aliphatic rings. The molecular weight excluding hydrogens is 254 g/mol. The lowest BCUT2D eigenvalue weighted by Gasteiger charge is -2.25. The molecule has 2 bridgehead atoms. The Hall–Kier alpha value is -1.10. The van der Waals surface area contributed by atoms with Gasteiger partial charge in [0.1, 0.15) is 0 Å². The zero-order valence-electron chi connectivity index (χ0n) is 12.7. The third kappa shape index (κ3) is 3.72. The van der Waals surface area contributed by atoms with E-state index in [0.717, 1.165) is 32.6 Å². The van der Waals surface area contributed by atoms with E-state index < -0.39 is 0 Å². The van der Waals surface area contributed by atoms with Crippen molar-refractivity contribution in [3.05, 3.63) is 0 Å². The van der Waals surface area contributed by atoms with Crippen LogP contribution in [0.3, 0.4) is 0 Å². The van der Waals surface area contributed by atoms with Gasteiger partial charge in [0.25, 0.3) is 0 Å². The van der Waals surface area contributed by atoms with E-state index in [1.54, 1.807) is 4.90 Å². The minimum Gasteiger partial charge on any atom is -0.343 e. The topological polar surface area (TPSA) is 52.7 Å². The van der Waals surface area contributed by atoms with Crippen LogP contribution in [0.15, 0.2) is 0 Å². The highest BCUT2D eigenvalue weighted by Crippen LogP contribution is 2.20. The second kappa shape index (κ2) is 7.07. The molecule has 0 radical (unpaired) electrons. The monoisotopic (exact) mass is 281 g/mol. The van der Waals surface area contributed by atoms with E-state index in [1.165, 1.54) is 12.8 Å². The average Bonchev–Trinajstić information content (AvgIpc) is 2.77. The fourth-order valence-electron chi connectivity index (χ4n) is 3.28. The van der Waals surface area contributed by atoms with E-state index in [4.69, 9.17) is 0 Å². The van der Waals surface area contributed by atoms with Crippen molar-refractivity contribution in [2.75, 3.05) is 26.2 Å². The van der Waals surface area contributed by atoms with Gasteiger partial charge in [0.2, 0.25) is 11.8 Å². The molecule has 0 aromatic carbocycles.